The summed E-state index contributed by atoms with van der Waals surface area (Å²) < 4.78 is 15.4. The monoisotopic (exact) mass is 453 g/mol. The van der Waals surface area contributed by atoms with Crippen molar-refractivity contribution in [2.24, 2.45) is 0 Å². The number of piperazine rings is 1. The molecule has 0 unspecified atom stereocenters. The zero-order valence-corrected chi connectivity index (χ0v) is 17.8. The van der Waals surface area contributed by atoms with Crippen LogP contribution in [0.2, 0.25) is 0 Å². The second-order valence-electron chi connectivity index (χ2n) is 7.60. The van der Waals surface area contributed by atoms with Gasteiger partial charge in [-0.05, 0) is 17.7 Å². The molecule has 2 aromatic carbocycles. The van der Waals surface area contributed by atoms with E-state index in [0.29, 0.717) is 18.8 Å². The Morgan fingerprint density at radius 1 is 1.06 bits per heavy atom. The largest absolute Gasteiger partial charge is 0.454 e. The zero-order chi connectivity index (χ0) is 23.2. The Labute approximate surface area is 190 Å². The molecule has 4 rings (SSSR count). The molecule has 0 atom stereocenters. The maximum absolute atomic E-state index is 12.4. The first-order valence-electron chi connectivity index (χ1n) is 10.5. The Balaban J connectivity index is 1.25. The van der Waals surface area contributed by atoms with Crippen LogP contribution in [0, 0.1) is 10.1 Å². The van der Waals surface area contributed by atoms with Gasteiger partial charge in [0.15, 0.2) is 18.1 Å². The smallest absolute Gasteiger partial charge is 0.331 e. The molecule has 1 saturated heterocycles. The normalized spacial score (nSPS) is 15.6. The molecule has 2 aliphatic rings. The highest BCUT2D eigenvalue weighted by atomic mass is 16.7. The van der Waals surface area contributed by atoms with Gasteiger partial charge in [0.1, 0.15) is 0 Å². The van der Waals surface area contributed by atoms with Gasteiger partial charge < -0.3 is 19.1 Å². The Bertz CT molecular complexity index is 1060. The number of amides is 1. The fourth-order valence-electron chi connectivity index (χ4n) is 3.67. The van der Waals surface area contributed by atoms with Crippen molar-refractivity contribution in [2.75, 3.05) is 39.6 Å². The summed E-state index contributed by atoms with van der Waals surface area (Å²) in [4.78, 5) is 39.1. The number of nitro groups is 1. The van der Waals surface area contributed by atoms with Crippen LogP contribution >= 0.6 is 0 Å². The van der Waals surface area contributed by atoms with Gasteiger partial charge in [0, 0.05) is 38.8 Å². The minimum atomic E-state index is -0.766. The van der Waals surface area contributed by atoms with Crippen LogP contribution in [0.1, 0.15) is 11.1 Å². The molecule has 33 heavy (non-hydrogen) atoms. The van der Waals surface area contributed by atoms with E-state index in [1.807, 2.05) is 18.2 Å². The topological polar surface area (TPSA) is 111 Å². The summed E-state index contributed by atoms with van der Waals surface area (Å²) in [5.41, 5.74) is 1.16. The Kier molecular flexibility index (Phi) is 6.84. The third-order valence-corrected chi connectivity index (χ3v) is 5.43. The molecule has 0 bridgehead atoms. The van der Waals surface area contributed by atoms with Crippen LogP contribution < -0.4 is 9.47 Å². The van der Waals surface area contributed by atoms with E-state index in [-0.39, 0.29) is 36.3 Å². The van der Waals surface area contributed by atoms with Gasteiger partial charge in [-0.2, -0.15) is 0 Å². The summed E-state index contributed by atoms with van der Waals surface area (Å²) in [6, 6.07) is 12.8. The number of fused-ring (bicyclic) bond motifs is 1. The minimum Gasteiger partial charge on any atom is -0.454 e. The lowest BCUT2D eigenvalue weighted by atomic mass is 10.1. The quantitative estimate of drug-likeness (QED) is 0.272. The van der Waals surface area contributed by atoms with Gasteiger partial charge in [-0.3, -0.25) is 19.8 Å². The van der Waals surface area contributed by atoms with E-state index >= 15 is 0 Å². The second kappa shape index (κ2) is 10.1. The number of carbonyl (C=O) groups is 2. The van der Waals surface area contributed by atoms with Gasteiger partial charge in [-0.15, -0.1) is 0 Å². The Hall–Kier alpha value is -3.92. The number of hydrogen-bond acceptors (Lipinski definition) is 8. The van der Waals surface area contributed by atoms with Crippen LogP contribution in [0.3, 0.4) is 0 Å². The predicted molar refractivity (Wildman–Crippen MR) is 118 cm³/mol. The summed E-state index contributed by atoms with van der Waals surface area (Å²) in [6.07, 6.45) is 2.31. The lowest BCUT2D eigenvalue weighted by Gasteiger charge is -2.34. The van der Waals surface area contributed by atoms with Crippen molar-refractivity contribution in [3.05, 3.63) is 69.8 Å². The third-order valence-electron chi connectivity index (χ3n) is 5.43. The first kappa shape index (κ1) is 22.3. The van der Waals surface area contributed by atoms with Crippen molar-refractivity contribution in [3.8, 4) is 11.5 Å². The molecular formula is C23H23N3O7. The molecule has 0 radical (unpaired) electrons. The van der Waals surface area contributed by atoms with E-state index in [0.717, 1.165) is 25.7 Å². The number of benzene rings is 2. The highest BCUT2D eigenvalue weighted by molar-refractivity contribution is 5.90. The first-order chi connectivity index (χ1) is 16.0. The molecule has 0 aliphatic carbocycles. The lowest BCUT2D eigenvalue weighted by Crippen LogP contribution is -2.49. The molecule has 172 valence electrons. The SMILES string of the molecule is O=C(/C=C/c1cc2c(cc1[N+](=O)[O-])OCO2)OCC(=O)N1CCN(Cc2ccccc2)CC1. The fraction of sp³-hybridized carbons (Fsp3) is 0.304. The minimum absolute atomic E-state index is 0.0235. The number of hydrogen-bond donors (Lipinski definition) is 0. The van der Waals surface area contributed by atoms with Crippen molar-refractivity contribution < 1.29 is 28.7 Å². The number of carbonyl (C=O) groups excluding carboxylic acids is 2. The van der Waals surface area contributed by atoms with Gasteiger partial charge in [-0.1, -0.05) is 30.3 Å². The molecule has 1 amide bonds. The second-order valence-corrected chi connectivity index (χ2v) is 7.60. The number of nitrogens with zero attached hydrogens (tertiary/aromatic N) is 3. The standard InChI is InChI=1S/C23H23N3O7/c27-22(25-10-8-24(9-11-25)14-17-4-2-1-3-5-17)15-31-23(28)7-6-18-12-20-21(33-16-32-20)13-19(18)26(29)30/h1-7,12-13H,8-11,14-16H2/b7-6+. The average molecular weight is 453 g/mol. The highest BCUT2D eigenvalue weighted by Gasteiger charge is 2.23. The van der Waals surface area contributed by atoms with Crippen LogP contribution in [-0.4, -0.2) is 66.2 Å². The summed E-state index contributed by atoms with van der Waals surface area (Å²) in [5.74, 6) is -0.408. The molecule has 1 fully saturated rings. The molecule has 10 heteroatoms. The molecule has 0 aromatic heterocycles. The summed E-state index contributed by atoms with van der Waals surface area (Å²) >= 11 is 0. The number of rotatable bonds is 7. The first-order valence-corrected chi connectivity index (χ1v) is 10.5. The lowest BCUT2D eigenvalue weighted by molar-refractivity contribution is -0.385. The van der Waals surface area contributed by atoms with E-state index in [2.05, 4.69) is 17.0 Å². The van der Waals surface area contributed by atoms with E-state index in [1.165, 1.54) is 23.8 Å². The van der Waals surface area contributed by atoms with Crippen molar-refractivity contribution >= 4 is 23.6 Å². The van der Waals surface area contributed by atoms with E-state index in [9.17, 15) is 19.7 Å². The van der Waals surface area contributed by atoms with Gasteiger partial charge in [-0.25, -0.2) is 4.79 Å². The number of esters is 1. The van der Waals surface area contributed by atoms with Gasteiger partial charge in [0.25, 0.3) is 11.6 Å². The van der Waals surface area contributed by atoms with Crippen LogP contribution in [0.25, 0.3) is 6.08 Å². The van der Waals surface area contributed by atoms with Crippen LogP contribution in [0.5, 0.6) is 11.5 Å². The summed E-state index contributed by atoms with van der Waals surface area (Å²) in [6.45, 7) is 3.01. The van der Waals surface area contributed by atoms with E-state index in [1.54, 1.807) is 4.90 Å². The highest BCUT2D eigenvalue weighted by Crippen LogP contribution is 2.38. The van der Waals surface area contributed by atoms with Gasteiger partial charge in [0.05, 0.1) is 16.6 Å². The number of nitro benzene ring substituents is 1. The molecule has 10 nitrogen and oxygen atoms in total. The predicted octanol–water partition coefficient (Wildman–Crippen LogP) is 2.22. The maximum atomic E-state index is 12.4. The van der Waals surface area contributed by atoms with Crippen molar-refractivity contribution in [1.82, 2.24) is 9.80 Å². The molecule has 2 aliphatic heterocycles. The number of ether oxygens (including phenoxy) is 3. The van der Waals surface area contributed by atoms with Crippen molar-refractivity contribution in [2.45, 2.75) is 6.54 Å². The van der Waals surface area contributed by atoms with E-state index < -0.39 is 10.9 Å². The summed E-state index contributed by atoms with van der Waals surface area (Å²) in [5, 5.41) is 11.3. The van der Waals surface area contributed by atoms with Gasteiger partial charge in [0.2, 0.25) is 6.79 Å². The fourth-order valence-corrected chi connectivity index (χ4v) is 3.67. The molecule has 2 aromatic rings. The molecular weight excluding hydrogens is 430 g/mol. The molecule has 2 heterocycles. The maximum Gasteiger partial charge on any atom is 0.331 e. The molecule has 0 spiro atoms. The van der Waals surface area contributed by atoms with E-state index in [4.69, 9.17) is 14.2 Å². The average Bonchev–Trinajstić information content (AvgIpc) is 3.29. The van der Waals surface area contributed by atoms with Crippen LogP contribution in [-0.2, 0) is 20.9 Å². The Morgan fingerprint density at radius 2 is 1.76 bits per heavy atom. The van der Waals surface area contributed by atoms with Crippen molar-refractivity contribution in [1.29, 1.82) is 0 Å². The van der Waals surface area contributed by atoms with Crippen molar-refractivity contribution in [3.63, 3.8) is 0 Å². The molecule has 0 N–H and O–H groups in total. The summed E-state index contributed by atoms with van der Waals surface area (Å²) in [7, 11) is 0. The molecule has 0 saturated carbocycles. The zero-order valence-electron chi connectivity index (χ0n) is 17.8. The van der Waals surface area contributed by atoms with Gasteiger partial charge >= 0.3 is 5.97 Å². The third kappa shape index (κ3) is 5.66. The van der Waals surface area contributed by atoms with Crippen LogP contribution in [0.4, 0.5) is 5.69 Å². The Morgan fingerprint density at radius 3 is 2.45 bits per heavy atom. The van der Waals surface area contributed by atoms with Crippen LogP contribution in [0.15, 0.2) is 48.5 Å².